The number of carbonyl (C=O) groups excluding carboxylic acids is 1. The zero-order valence-corrected chi connectivity index (χ0v) is 19.2. The Bertz CT molecular complexity index is 1020. The first-order valence-corrected chi connectivity index (χ1v) is 11.5. The van der Waals surface area contributed by atoms with Gasteiger partial charge in [-0.2, -0.15) is 12.7 Å². The number of nitrogens with zero attached hydrogens (tertiary/aromatic N) is 4. The highest BCUT2D eigenvalue weighted by Gasteiger charge is 2.24. The average molecular weight is 451 g/mol. The molecule has 0 saturated carbocycles. The molecule has 162 valence electrons. The lowest BCUT2D eigenvalue weighted by Crippen LogP contribution is -2.49. The number of benzene rings is 2. The predicted octanol–water partition coefficient (Wildman–Crippen LogP) is 2.85. The molecule has 1 saturated heterocycles. The molecule has 1 aliphatic heterocycles. The van der Waals surface area contributed by atoms with Gasteiger partial charge in [0.2, 0.25) is 0 Å². The van der Waals surface area contributed by atoms with E-state index in [1.54, 1.807) is 24.3 Å². The van der Waals surface area contributed by atoms with Crippen LogP contribution in [0.1, 0.15) is 15.9 Å². The summed E-state index contributed by atoms with van der Waals surface area (Å²) in [6.45, 7) is 4.74. The highest BCUT2D eigenvalue weighted by Crippen LogP contribution is 2.26. The first kappa shape index (κ1) is 22.4. The number of aryl methyl sites for hydroxylation is 1. The lowest BCUT2D eigenvalue weighted by Gasteiger charge is -2.37. The van der Waals surface area contributed by atoms with E-state index in [0.717, 1.165) is 28.6 Å². The summed E-state index contributed by atoms with van der Waals surface area (Å²) in [4.78, 5) is 17.0. The van der Waals surface area contributed by atoms with Crippen molar-refractivity contribution in [2.45, 2.75) is 6.92 Å². The molecule has 0 radical (unpaired) electrons. The van der Waals surface area contributed by atoms with Gasteiger partial charge in [0.1, 0.15) is 0 Å². The summed E-state index contributed by atoms with van der Waals surface area (Å²) in [5.41, 5.74) is 3.30. The van der Waals surface area contributed by atoms with E-state index >= 15 is 0 Å². The summed E-state index contributed by atoms with van der Waals surface area (Å²) >= 11 is 6.14. The summed E-state index contributed by atoms with van der Waals surface area (Å²) in [5, 5.41) is 0.704. The highest BCUT2D eigenvalue weighted by atomic mass is 35.5. The highest BCUT2D eigenvalue weighted by molar-refractivity contribution is 7.90. The number of amides is 1. The number of hydrogen-bond donors (Lipinski definition) is 0. The Balaban J connectivity index is 1.66. The van der Waals surface area contributed by atoms with Crippen molar-refractivity contribution < 1.29 is 13.2 Å². The minimum absolute atomic E-state index is 0.0536. The molecule has 2 aromatic carbocycles. The Kier molecular flexibility index (Phi) is 6.59. The first-order chi connectivity index (χ1) is 14.1. The molecule has 1 fully saturated rings. The van der Waals surface area contributed by atoms with Gasteiger partial charge in [0.25, 0.3) is 5.91 Å². The van der Waals surface area contributed by atoms with Crippen molar-refractivity contribution in [3.63, 3.8) is 0 Å². The van der Waals surface area contributed by atoms with Crippen molar-refractivity contribution in [1.82, 2.24) is 9.21 Å². The maximum Gasteiger partial charge on any atom is 0.303 e. The van der Waals surface area contributed by atoms with E-state index in [9.17, 15) is 13.2 Å². The Hall–Kier alpha value is -2.29. The molecule has 0 aromatic heterocycles. The van der Waals surface area contributed by atoms with Crippen LogP contribution in [0.4, 0.5) is 11.4 Å². The Labute approximate surface area is 183 Å². The van der Waals surface area contributed by atoms with E-state index in [4.69, 9.17) is 11.6 Å². The molecule has 0 atom stereocenters. The van der Waals surface area contributed by atoms with Crippen LogP contribution in [0, 0.1) is 6.92 Å². The second-order valence-electron chi connectivity index (χ2n) is 7.51. The Morgan fingerprint density at radius 1 is 0.967 bits per heavy atom. The average Bonchev–Trinajstić information content (AvgIpc) is 2.74. The van der Waals surface area contributed by atoms with Gasteiger partial charge in [-0.25, -0.2) is 0 Å². The third-order valence-electron chi connectivity index (χ3n) is 5.36. The molecular weight excluding hydrogens is 424 g/mol. The van der Waals surface area contributed by atoms with Crippen molar-refractivity contribution in [3.05, 3.63) is 58.6 Å². The van der Waals surface area contributed by atoms with E-state index in [0.29, 0.717) is 29.4 Å². The molecular formula is C21H27ClN4O3S. The number of anilines is 2. The number of rotatable bonds is 5. The zero-order valence-electron chi connectivity index (χ0n) is 17.7. The first-order valence-electron chi connectivity index (χ1n) is 9.68. The lowest BCUT2D eigenvalue weighted by molar-refractivity contribution is 0.0747. The minimum Gasteiger partial charge on any atom is -0.368 e. The van der Waals surface area contributed by atoms with E-state index in [1.165, 1.54) is 25.4 Å². The van der Waals surface area contributed by atoms with Crippen LogP contribution in [0.25, 0.3) is 0 Å². The fraction of sp³-hybridized carbons (Fsp3) is 0.381. The van der Waals surface area contributed by atoms with Crippen molar-refractivity contribution in [3.8, 4) is 0 Å². The second kappa shape index (κ2) is 8.83. The molecule has 0 N–H and O–H groups in total. The van der Waals surface area contributed by atoms with Gasteiger partial charge in [0.15, 0.2) is 0 Å². The maximum absolute atomic E-state index is 12.9. The van der Waals surface area contributed by atoms with Crippen molar-refractivity contribution >= 4 is 39.1 Å². The molecule has 0 bridgehead atoms. The Morgan fingerprint density at radius 3 is 2.13 bits per heavy atom. The van der Waals surface area contributed by atoms with Crippen LogP contribution in [-0.2, 0) is 10.2 Å². The van der Waals surface area contributed by atoms with Crippen molar-refractivity contribution in [2.75, 3.05) is 56.5 Å². The monoisotopic (exact) mass is 450 g/mol. The fourth-order valence-corrected chi connectivity index (χ4v) is 4.49. The van der Waals surface area contributed by atoms with Gasteiger partial charge in [-0.15, -0.1) is 0 Å². The van der Waals surface area contributed by atoms with Gasteiger partial charge in [-0.05, 0) is 48.9 Å². The van der Waals surface area contributed by atoms with Gasteiger partial charge < -0.3 is 9.80 Å². The normalized spacial score (nSPS) is 14.9. The van der Waals surface area contributed by atoms with Crippen LogP contribution in [-0.4, -0.2) is 70.9 Å². The smallest absolute Gasteiger partial charge is 0.303 e. The predicted molar refractivity (Wildman–Crippen MR) is 122 cm³/mol. The standard InChI is InChI=1S/C21H27ClN4O3S/c1-16-5-8-18(22)15-20(16)25-11-13-26(14-12-25)21(27)17-6-9-19(10-7-17)24(4)30(28,29)23(2)3/h5-10,15H,11-14H2,1-4H3. The third-order valence-corrected chi connectivity index (χ3v) is 7.43. The topological polar surface area (TPSA) is 64.2 Å². The zero-order chi connectivity index (χ0) is 22.1. The van der Waals surface area contributed by atoms with Crippen LogP contribution < -0.4 is 9.21 Å². The second-order valence-corrected chi connectivity index (χ2v) is 10.1. The molecule has 0 unspecified atom stereocenters. The summed E-state index contributed by atoms with van der Waals surface area (Å²) in [7, 11) is 0.884. The molecule has 30 heavy (non-hydrogen) atoms. The van der Waals surface area contributed by atoms with Gasteiger partial charge in [0, 0.05) is 63.6 Å². The van der Waals surface area contributed by atoms with Gasteiger partial charge in [-0.3, -0.25) is 9.10 Å². The summed E-state index contributed by atoms with van der Waals surface area (Å²) in [6.07, 6.45) is 0. The van der Waals surface area contributed by atoms with E-state index < -0.39 is 10.2 Å². The lowest BCUT2D eigenvalue weighted by atomic mass is 10.1. The summed E-state index contributed by atoms with van der Waals surface area (Å²) in [6, 6.07) is 12.5. The third kappa shape index (κ3) is 4.55. The molecule has 1 aliphatic rings. The van der Waals surface area contributed by atoms with Crippen LogP contribution in [0.15, 0.2) is 42.5 Å². The molecule has 2 aromatic rings. The molecule has 1 amide bonds. The molecule has 1 heterocycles. The molecule has 3 rings (SSSR count). The number of carbonyl (C=O) groups is 1. The van der Waals surface area contributed by atoms with Crippen LogP contribution in [0.3, 0.4) is 0 Å². The van der Waals surface area contributed by atoms with Crippen LogP contribution in [0.5, 0.6) is 0 Å². The molecule has 7 nitrogen and oxygen atoms in total. The fourth-order valence-electron chi connectivity index (χ4n) is 3.45. The van der Waals surface area contributed by atoms with Crippen LogP contribution >= 0.6 is 11.6 Å². The van der Waals surface area contributed by atoms with Crippen molar-refractivity contribution in [2.24, 2.45) is 0 Å². The minimum atomic E-state index is -3.57. The number of halogens is 1. The number of hydrogen-bond acceptors (Lipinski definition) is 4. The van der Waals surface area contributed by atoms with E-state index in [1.807, 2.05) is 23.1 Å². The molecule has 9 heteroatoms. The number of piperazine rings is 1. The van der Waals surface area contributed by atoms with Gasteiger partial charge in [0.05, 0.1) is 5.69 Å². The SMILES string of the molecule is Cc1ccc(Cl)cc1N1CCN(C(=O)c2ccc(N(C)S(=O)(=O)N(C)C)cc2)CC1. The van der Waals surface area contributed by atoms with Gasteiger partial charge in [-0.1, -0.05) is 17.7 Å². The molecule has 0 aliphatic carbocycles. The van der Waals surface area contributed by atoms with E-state index in [-0.39, 0.29) is 5.91 Å². The molecule has 0 spiro atoms. The Morgan fingerprint density at radius 2 is 1.57 bits per heavy atom. The van der Waals surface area contributed by atoms with E-state index in [2.05, 4.69) is 11.8 Å². The quantitative estimate of drug-likeness (QED) is 0.702. The maximum atomic E-state index is 12.9. The summed E-state index contributed by atoms with van der Waals surface area (Å²) < 4.78 is 26.8. The van der Waals surface area contributed by atoms with Gasteiger partial charge >= 0.3 is 10.2 Å². The van der Waals surface area contributed by atoms with Crippen LogP contribution in [0.2, 0.25) is 5.02 Å². The summed E-state index contributed by atoms with van der Waals surface area (Å²) in [5.74, 6) is -0.0536. The van der Waals surface area contributed by atoms with Crippen molar-refractivity contribution in [1.29, 1.82) is 0 Å². The largest absolute Gasteiger partial charge is 0.368 e.